The number of aliphatic hydroxyl groups is 2. The van der Waals surface area contributed by atoms with Gasteiger partial charge < -0.3 is 30.9 Å². The normalized spacial score (nSPS) is 31.4. The monoisotopic (exact) mass is 495 g/mol. The van der Waals surface area contributed by atoms with Gasteiger partial charge in [0.1, 0.15) is 17.1 Å². The maximum absolute atomic E-state index is 13.6. The molecule has 5 rings (SSSR count). The Labute approximate surface area is 207 Å². The number of aryl methyl sites for hydroxylation is 1. The van der Waals surface area contributed by atoms with Crippen molar-refractivity contribution in [1.29, 1.82) is 0 Å². The van der Waals surface area contributed by atoms with Crippen LogP contribution in [0.4, 0.5) is 0 Å². The van der Waals surface area contributed by atoms with Crippen LogP contribution in [0, 0.1) is 6.92 Å². The van der Waals surface area contributed by atoms with Crippen LogP contribution in [0.5, 0.6) is 11.5 Å². The van der Waals surface area contributed by atoms with Gasteiger partial charge in [-0.15, -0.1) is 0 Å². The molecule has 1 saturated heterocycles. The van der Waals surface area contributed by atoms with Crippen LogP contribution in [-0.4, -0.2) is 67.7 Å². The molecule has 0 bridgehead atoms. The number of hydrogen-bond acceptors (Lipinski definition) is 9. The number of phenols is 2. The Morgan fingerprint density at radius 1 is 1.11 bits per heavy atom. The Hall–Kier alpha value is -3.11. The number of rotatable bonds is 2. The minimum atomic E-state index is -1.90. The van der Waals surface area contributed by atoms with Crippen molar-refractivity contribution in [2.45, 2.75) is 75.9 Å². The first kappa shape index (κ1) is 24.6. The lowest BCUT2D eigenvalue weighted by molar-refractivity contribution is -0.146. The third-order valence-electron chi connectivity index (χ3n) is 8.10. The zero-order chi connectivity index (χ0) is 26.3. The molecule has 9 heteroatoms. The number of ether oxygens (including phenoxy) is 1. The van der Waals surface area contributed by atoms with E-state index in [1.54, 1.807) is 26.0 Å². The number of carbonyl (C=O) groups is 3. The summed E-state index contributed by atoms with van der Waals surface area (Å²) in [5.74, 6) is -3.63. The highest BCUT2D eigenvalue weighted by Gasteiger charge is 2.51. The molecule has 0 amide bonds. The molecule has 36 heavy (non-hydrogen) atoms. The van der Waals surface area contributed by atoms with E-state index in [0.717, 1.165) is 0 Å². The molecule has 6 atom stereocenters. The third-order valence-corrected chi connectivity index (χ3v) is 8.10. The second kappa shape index (κ2) is 8.21. The molecule has 0 spiro atoms. The van der Waals surface area contributed by atoms with Crippen molar-refractivity contribution in [2.75, 3.05) is 0 Å². The number of ketones is 3. The Bertz CT molecular complexity index is 1320. The summed E-state index contributed by atoms with van der Waals surface area (Å²) >= 11 is 0. The van der Waals surface area contributed by atoms with E-state index in [1.807, 2.05) is 0 Å². The van der Waals surface area contributed by atoms with Gasteiger partial charge in [0.2, 0.25) is 0 Å². The molecule has 1 heterocycles. The number of nitrogens with two attached hydrogens (primary N) is 1. The second-order valence-electron chi connectivity index (χ2n) is 10.3. The van der Waals surface area contributed by atoms with Gasteiger partial charge in [-0.2, -0.15) is 0 Å². The molecular weight excluding hydrogens is 466 g/mol. The highest BCUT2D eigenvalue weighted by molar-refractivity contribution is 6.31. The summed E-state index contributed by atoms with van der Waals surface area (Å²) in [6.07, 6.45) is -2.69. The fourth-order valence-electron chi connectivity index (χ4n) is 6.07. The Kier molecular flexibility index (Phi) is 5.60. The number of Topliss-reactive ketones (excluding diaryl/α,β-unsaturated/α-hetero) is 1. The smallest absolute Gasteiger partial charge is 0.198 e. The molecular formula is C27H29NO8. The van der Waals surface area contributed by atoms with Gasteiger partial charge in [0.25, 0.3) is 0 Å². The molecule has 2 aliphatic carbocycles. The summed E-state index contributed by atoms with van der Waals surface area (Å²) < 4.78 is 6.00. The van der Waals surface area contributed by atoms with Crippen LogP contribution >= 0.6 is 0 Å². The third kappa shape index (κ3) is 3.34. The molecule has 2 aromatic rings. The first-order chi connectivity index (χ1) is 16.9. The predicted molar refractivity (Wildman–Crippen MR) is 127 cm³/mol. The molecule has 6 N–H and O–H groups in total. The Balaban J connectivity index is 1.76. The number of phenolic OH excluding ortho intramolecular Hbond substituents is 2. The lowest BCUT2D eigenvalue weighted by Gasteiger charge is -2.45. The molecule has 2 aromatic carbocycles. The van der Waals surface area contributed by atoms with Crippen LogP contribution in [0.15, 0.2) is 18.2 Å². The topological polar surface area (TPSA) is 167 Å². The molecule has 3 aliphatic rings. The van der Waals surface area contributed by atoms with Gasteiger partial charge in [-0.25, -0.2) is 0 Å². The van der Waals surface area contributed by atoms with E-state index in [9.17, 15) is 34.8 Å². The van der Waals surface area contributed by atoms with Crippen molar-refractivity contribution in [3.8, 4) is 11.5 Å². The Morgan fingerprint density at radius 2 is 1.78 bits per heavy atom. The SMILES string of the molecule is CC(=O)[C@]1(O)Cc2c(O)c3c(c(O)c2[C@@H](C2CC(N)C(O)C(C)O2)C1)C(=O)c1c(C)cccc1C3=O. The second-order valence-corrected chi connectivity index (χ2v) is 10.3. The van der Waals surface area contributed by atoms with E-state index in [0.29, 0.717) is 5.56 Å². The molecule has 0 saturated carbocycles. The van der Waals surface area contributed by atoms with Crippen molar-refractivity contribution in [3.05, 3.63) is 57.1 Å². The number of carbonyl (C=O) groups excluding carboxylic acids is 3. The average Bonchev–Trinajstić information content (AvgIpc) is 2.82. The van der Waals surface area contributed by atoms with Crippen LogP contribution in [0.2, 0.25) is 0 Å². The minimum Gasteiger partial charge on any atom is -0.507 e. The fourth-order valence-corrected chi connectivity index (χ4v) is 6.07. The molecule has 1 fully saturated rings. The number of aromatic hydroxyl groups is 2. The van der Waals surface area contributed by atoms with E-state index < -0.39 is 64.7 Å². The minimum absolute atomic E-state index is 0.0217. The first-order valence-corrected chi connectivity index (χ1v) is 12.0. The molecule has 0 radical (unpaired) electrons. The van der Waals surface area contributed by atoms with Gasteiger partial charge in [-0.1, -0.05) is 18.2 Å². The highest BCUT2D eigenvalue weighted by Crippen LogP contribution is 2.53. The van der Waals surface area contributed by atoms with Gasteiger partial charge in [-0.05, 0) is 39.2 Å². The van der Waals surface area contributed by atoms with Crippen molar-refractivity contribution in [2.24, 2.45) is 5.73 Å². The van der Waals surface area contributed by atoms with E-state index in [-0.39, 0.29) is 52.6 Å². The predicted octanol–water partition coefficient (Wildman–Crippen LogP) is 1.40. The fraction of sp³-hybridized carbons (Fsp3) is 0.444. The summed E-state index contributed by atoms with van der Waals surface area (Å²) in [6.45, 7) is 4.55. The highest BCUT2D eigenvalue weighted by atomic mass is 16.5. The lowest BCUT2D eigenvalue weighted by atomic mass is 9.66. The largest absolute Gasteiger partial charge is 0.507 e. The van der Waals surface area contributed by atoms with Crippen molar-refractivity contribution in [1.82, 2.24) is 0 Å². The number of benzene rings is 2. The van der Waals surface area contributed by atoms with Crippen LogP contribution in [0.1, 0.15) is 81.1 Å². The van der Waals surface area contributed by atoms with Crippen LogP contribution < -0.4 is 5.73 Å². The van der Waals surface area contributed by atoms with Gasteiger partial charge in [0.15, 0.2) is 17.3 Å². The van der Waals surface area contributed by atoms with Gasteiger partial charge in [-0.3, -0.25) is 14.4 Å². The maximum Gasteiger partial charge on any atom is 0.198 e. The number of hydrogen-bond donors (Lipinski definition) is 5. The summed E-state index contributed by atoms with van der Waals surface area (Å²) in [5, 5.41) is 44.4. The number of aliphatic hydroxyl groups excluding tert-OH is 1. The maximum atomic E-state index is 13.6. The van der Waals surface area contributed by atoms with Crippen LogP contribution in [0.25, 0.3) is 0 Å². The average molecular weight is 496 g/mol. The quantitative estimate of drug-likeness (QED) is 0.330. The van der Waals surface area contributed by atoms with E-state index >= 15 is 0 Å². The summed E-state index contributed by atoms with van der Waals surface area (Å²) in [5.41, 5.74) is 4.58. The number of fused-ring (bicyclic) bond motifs is 3. The molecule has 1 aliphatic heterocycles. The molecule has 0 aromatic heterocycles. The Morgan fingerprint density at radius 3 is 2.42 bits per heavy atom. The van der Waals surface area contributed by atoms with Gasteiger partial charge >= 0.3 is 0 Å². The van der Waals surface area contributed by atoms with E-state index in [4.69, 9.17) is 10.5 Å². The lowest BCUT2D eigenvalue weighted by Crippen LogP contribution is -2.54. The summed E-state index contributed by atoms with van der Waals surface area (Å²) in [4.78, 5) is 39.6. The van der Waals surface area contributed by atoms with E-state index in [1.165, 1.54) is 13.0 Å². The zero-order valence-electron chi connectivity index (χ0n) is 20.2. The van der Waals surface area contributed by atoms with Gasteiger partial charge in [0, 0.05) is 40.6 Å². The van der Waals surface area contributed by atoms with Crippen molar-refractivity contribution in [3.63, 3.8) is 0 Å². The van der Waals surface area contributed by atoms with Crippen LogP contribution in [-0.2, 0) is 16.0 Å². The standard InChI is InChI=1S/C27H29NO8/c1-10-5-4-6-13-18(10)25(33)21-20(23(13)31)24(32)15-9-27(35,12(3)29)8-14(19(15)26(21)34)17-7-16(28)22(30)11(2)36-17/h4-6,11,14,16-17,22,30,32,34-35H,7-9,28H2,1-3H3/t11?,14-,16?,17?,22?,27-/m1/s1. The van der Waals surface area contributed by atoms with E-state index in [2.05, 4.69) is 0 Å². The molecule has 9 nitrogen and oxygen atoms in total. The summed E-state index contributed by atoms with van der Waals surface area (Å²) in [6, 6.07) is 4.13. The molecule has 4 unspecified atom stereocenters. The van der Waals surface area contributed by atoms with Gasteiger partial charge in [0.05, 0.1) is 29.4 Å². The van der Waals surface area contributed by atoms with Crippen molar-refractivity contribution >= 4 is 17.3 Å². The summed E-state index contributed by atoms with van der Waals surface area (Å²) in [7, 11) is 0. The van der Waals surface area contributed by atoms with Crippen molar-refractivity contribution < 1.29 is 39.5 Å². The van der Waals surface area contributed by atoms with Crippen LogP contribution in [0.3, 0.4) is 0 Å². The first-order valence-electron chi connectivity index (χ1n) is 12.0. The zero-order valence-corrected chi connectivity index (χ0v) is 20.2. The molecule has 190 valence electrons.